The zero-order valence-electron chi connectivity index (χ0n) is 11.9. The van der Waals surface area contributed by atoms with E-state index < -0.39 is 4.92 Å². The number of nitrogens with zero attached hydrogens (tertiary/aromatic N) is 1. The fraction of sp³-hybridized carbons (Fsp3) is 0.400. The second kappa shape index (κ2) is 6.88. The molecule has 0 atom stereocenters. The maximum Gasteiger partial charge on any atom is 0.311 e. The summed E-state index contributed by atoms with van der Waals surface area (Å²) in [7, 11) is 0. The van der Waals surface area contributed by atoms with Gasteiger partial charge in [-0.25, -0.2) is 0 Å². The van der Waals surface area contributed by atoms with Crippen molar-refractivity contribution in [3.8, 4) is 5.75 Å². The number of amides is 1. The molecule has 1 aliphatic carbocycles. The lowest BCUT2D eigenvalue weighted by molar-refractivity contribution is -0.385. The molecule has 21 heavy (non-hydrogen) atoms. The van der Waals surface area contributed by atoms with Gasteiger partial charge in [-0.3, -0.25) is 14.9 Å². The molecule has 0 aliphatic heterocycles. The maximum absolute atomic E-state index is 11.5. The number of nitro benzene ring substituents is 1. The van der Waals surface area contributed by atoms with E-state index in [-0.39, 0.29) is 17.3 Å². The van der Waals surface area contributed by atoms with Crippen LogP contribution in [0, 0.1) is 10.1 Å². The Kier molecular flexibility index (Phi) is 4.92. The summed E-state index contributed by atoms with van der Waals surface area (Å²) in [6.07, 6.45) is 5.78. The van der Waals surface area contributed by atoms with Gasteiger partial charge in [-0.15, -0.1) is 0 Å². The van der Waals surface area contributed by atoms with Gasteiger partial charge in [0.25, 0.3) is 0 Å². The number of hydrogen-bond acceptors (Lipinski definition) is 4. The number of carbonyl (C=O) groups is 1. The van der Waals surface area contributed by atoms with Crippen molar-refractivity contribution in [3.05, 3.63) is 40.0 Å². The van der Waals surface area contributed by atoms with Gasteiger partial charge >= 0.3 is 5.69 Å². The van der Waals surface area contributed by atoms with Gasteiger partial charge in [0.2, 0.25) is 5.91 Å². The van der Waals surface area contributed by atoms with Gasteiger partial charge in [-0.2, -0.15) is 0 Å². The van der Waals surface area contributed by atoms with E-state index in [1.165, 1.54) is 12.1 Å². The Balaban J connectivity index is 2.08. The molecule has 1 N–H and O–H groups in total. The van der Waals surface area contributed by atoms with E-state index in [1.807, 2.05) is 6.92 Å². The molecule has 1 aliphatic rings. The van der Waals surface area contributed by atoms with Crippen molar-refractivity contribution in [1.29, 1.82) is 0 Å². The minimum atomic E-state index is -0.480. The maximum atomic E-state index is 11.5. The van der Waals surface area contributed by atoms with Crippen LogP contribution in [0.1, 0.15) is 31.7 Å². The number of benzene rings is 1. The van der Waals surface area contributed by atoms with Crippen molar-refractivity contribution in [1.82, 2.24) is 5.32 Å². The van der Waals surface area contributed by atoms with Crippen molar-refractivity contribution in [2.75, 3.05) is 6.61 Å². The third-order valence-corrected chi connectivity index (χ3v) is 2.99. The molecule has 0 heterocycles. The van der Waals surface area contributed by atoms with E-state index >= 15 is 0 Å². The lowest BCUT2D eigenvalue weighted by Crippen LogP contribution is -2.22. The molecule has 0 unspecified atom stereocenters. The summed E-state index contributed by atoms with van der Waals surface area (Å²) in [4.78, 5) is 22.1. The van der Waals surface area contributed by atoms with Crippen LogP contribution in [-0.4, -0.2) is 23.5 Å². The highest BCUT2D eigenvalue weighted by molar-refractivity contribution is 5.92. The van der Waals surface area contributed by atoms with Crippen molar-refractivity contribution in [3.63, 3.8) is 0 Å². The molecule has 0 aromatic heterocycles. The highest BCUT2D eigenvalue weighted by atomic mass is 16.6. The second-order valence-electron chi connectivity index (χ2n) is 4.95. The van der Waals surface area contributed by atoms with Crippen LogP contribution >= 0.6 is 0 Å². The number of nitro groups is 1. The predicted molar refractivity (Wildman–Crippen MR) is 79.1 cm³/mol. The van der Waals surface area contributed by atoms with E-state index in [4.69, 9.17) is 4.74 Å². The molecule has 0 bridgehead atoms. The van der Waals surface area contributed by atoms with Gasteiger partial charge in [0.05, 0.1) is 11.5 Å². The molecule has 112 valence electrons. The summed E-state index contributed by atoms with van der Waals surface area (Å²) in [5, 5.41) is 13.9. The first-order chi connectivity index (χ1) is 10.1. The third-order valence-electron chi connectivity index (χ3n) is 2.99. The van der Waals surface area contributed by atoms with Gasteiger partial charge in [0.1, 0.15) is 0 Å². The van der Waals surface area contributed by atoms with Crippen molar-refractivity contribution in [2.45, 2.75) is 32.2 Å². The van der Waals surface area contributed by atoms with Crippen LogP contribution in [-0.2, 0) is 4.79 Å². The van der Waals surface area contributed by atoms with Crippen LogP contribution in [0.4, 0.5) is 5.69 Å². The van der Waals surface area contributed by atoms with E-state index in [0.29, 0.717) is 18.2 Å². The van der Waals surface area contributed by atoms with Crippen molar-refractivity contribution < 1.29 is 14.5 Å². The van der Waals surface area contributed by atoms with E-state index in [2.05, 4.69) is 5.32 Å². The Bertz CT molecular complexity index is 565. The molecule has 2 rings (SSSR count). The van der Waals surface area contributed by atoms with Crippen LogP contribution in [0.2, 0.25) is 0 Å². The van der Waals surface area contributed by atoms with Crippen LogP contribution < -0.4 is 10.1 Å². The molecule has 1 aromatic carbocycles. The van der Waals surface area contributed by atoms with Gasteiger partial charge in [-0.1, -0.05) is 13.0 Å². The highest BCUT2D eigenvalue weighted by Crippen LogP contribution is 2.28. The summed E-state index contributed by atoms with van der Waals surface area (Å²) >= 11 is 0. The predicted octanol–water partition coefficient (Wildman–Crippen LogP) is 2.68. The number of carbonyl (C=O) groups excluding carboxylic acids is 1. The number of hydrogen-bond donors (Lipinski definition) is 1. The summed E-state index contributed by atoms with van der Waals surface area (Å²) in [5.41, 5.74) is 0.504. The summed E-state index contributed by atoms with van der Waals surface area (Å²) in [6, 6.07) is 4.96. The summed E-state index contributed by atoms with van der Waals surface area (Å²) in [5.74, 6) is 0.0768. The SMILES string of the molecule is CCCOc1ccc(/C=C/C(=O)NC2CC2)cc1[N+](=O)[O-]. The van der Waals surface area contributed by atoms with Crippen LogP contribution in [0.3, 0.4) is 0 Å². The zero-order chi connectivity index (χ0) is 15.2. The van der Waals surface area contributed by atoms with Gasteiger partial charge in [0, 0.05) is 18.2 Å². The fourth-order valence-electron chi connectivity index (χ4n) is 1.76. The lowest BCUT2D eigenvalue weighted by atomic mass is 10.1. The molecule has 1 amide bonds. The summed E-state index contributed by atoms with van der Waals surface area (Å²) in [6.45, 7) is 2.36. The smallest absolute Gasteiger partial charge is 0.311 e. The van der Waals surface area contributed by atoms with Crippen LogP contribution in [0.15, 0.2) is 24.3 Å². The van der Waals surface area contributed by atoms with Crippen LogP contribution in [0.5, 0.6) is 5.75 Å². The molecule has 6 nitrogen and oxygen atoms in total. The third kappa shape index (κ3) is 4.59. The minimum absolute atomic E-state index is 0.0896. The van der Waals surface area contributed by atoms with Gasteiger partial charge in [0.15, 0.2) is 5.75 Å². The van der Waals surface area contributed by atoms with Crippen LogP contribution in [0.25, 0.3) is 6.08 Å². The number of nitrogens with one attached hydrogen (secondary N) is 1. The highest BCUT2D eigenvalue weighted by Gasteiger charge is 2.22. The van der Waals surface area contributed by atoms with E-state index in [1.54, 1.807) is 18.2 Å². The first kappa shape index (κ1) is 15.0. The standard InChI is InChI=1S/C15H18N2O4/c1-2-9-21-14-7-3-11(10-13(14)17(19)20)4-8-15(18)16-12-5-6-12/h3-4,7-8,10,12H,2,5-6,9H2,1H3,(H,16,18)/b8-4+. The lowest BCUT2D eigenvalue weighted by Gasteiger charge is -2.05. The molecule has 1 aromatic rings. The molecule has 6 heteroatoms. The Hall–Kier alpha value is -2.37. The Morgan fingerprint density at radius 3 is 2.90 bits per heavy atom. The monoisotopic (exact) mass is 290 g/mol. The number of ether oxygens (including phenoxy) is 1. The van der Waals surface area contributed by atoms with Gasteiger partial charge in [-0.05, 0) is 37.0 Å². The minimum Gasteiger partial charge on any atom is -0.487 e. The molecular weight excluding hydrogens is 272 g/mol. The topological polar surface area (TPSA) is 81.5 Å². The number of rotatable bonds is 7. The van der Waals surface area contributed by atoms with Crippen molar-refractivity contribution in [2.24, 2.45) is 0 Å². The summed E-state index contributed by atoms with van der Waals surface area (Å²) < 4.78 is 5.34. The Labute approximate surface area is 122 Å². The molecule has 0 saturated heterocycles. The Morgan fingerprint density at radius 2 is 2.29 bits per heavy atom. The molecule has 0 spiro atoms. The van der Waals surface area contributed by atoms with E-state index in [9.17, 15) is 14.9 Å². The first-order valence-corrected chi connectivity index (χ1v) is 7.00. The van der Waals surface area contributed by atoms with E-state index in [0.717, 1.165) is 19.3 Å². The van der Waals surface area contributed by atoms with Gasteiger partial charge < -0.3 is 10.1 Å². The second-order valence-corrected chi connectivity index (χ2v) is 4.95. The molecule has 1 fully saturated rings. The fourth-order valence-corrected chi connectivity index (χ4v) is 1.76. The zero-order valence-corrected chi connectivity index (χ0v) is 11.9. The molecule has 0 radical (unpaired) electrons. The normalized spacial score (nSPS) is 14.1. The molecular formula is C15H18N2O4. The average molecular weight is 290 g/mol. The largest absolute Gasteiger partial charge is 0.487 e. The average Bonchev–Trinajstić information content (AvgIpc) is 3.27. The first-order valence-electron chi connectivity index (χ1n) is 7.00. The van der Waals surface area contributed by atoms with Crippen molar-refractivity contribution >= 4 is 17.7 Å². The molecule has 1 saturated carbocycles. The Morgan fingerprint density at radius 1 is 1.52 bits per heavy atom. The quantitative estimate of drug-likeness (QED) is 0.475.